The normalized spacial score (nSPS) is 17.8. The topological polar surface area (TPSA) is 35.6 Å². The first-order chi connectivity index (χ1) is 11.3. The summed E-state index contributed by atoms with van der Waals surface area (Å²) in [4.78, 5) is 17.1. The van der Waals surface area contributed by atoms with Crippen LogP contribution in [0.2, 0.25) is 0 Å². The SMILES string of the molecule is CCCCC(=O)Nc1cc(N2CCCC2)ccc1N1CCCC1. The summed E-state index contributed by atoms with van der Waals surface area (Å²) in [7, 11) is 0. The lowest BCUT2D eigenvalue weighted by atomic mass is 10.2. The number of unbranched alkanes of at least 4 members (excludes halogenated alkanes) is 1. The summed E-state index contributed by atoms with van der Waals surface area (Å²) in [5, 5.41) is 3.18. The summed E-state index contributed by atoms with van der Waals surface area (Å²) in [5.41, 5.74) is 3.43. The molecule has 0 bridgehead atoms. The van der Waals surface area contributed by atoms with E-state index in [1.54, 1.807) is 0 Å². The van der Waals surface area contributed by atoms with Gasteiger partial charge in [-0.3, -0.25) is 4.79 Å². The first-order valence-electron chi connectivity index (χ1n) is 9.21. The molecule has 3 rings (SSSR count). The van der Waals surface area contributed by atoms with E-state index in [1.165, 1.54) is 37.1 Å². The van der Waals surface area contributed by atoms with Gasteiger partial charge in [-0.25, -0.2) is 0 Å². The molecule has 1 N–H and O–H groups in total. The molecule has 1 aromatic rings. The Balaban J connectivity index is 1.81. The van der Waals surface area contributed by atoms with Crippen molar-refractivity contribution < 1.29 is 4.79 Å². The Labute approximate surface area is 139 Å². The van der Waals surface area contributed by atoms with Gasteiger partial charge in [-0.15, -0.1) is 0 Å². The second kappa shape index (κ2) is 7.71. The Morgan fingerprint density at radius 3 is 2.35 bits per heavy atom. The van der Waals surface area contributed by atoms with Gasteiger partial charge in [0.1, 0.15) is 0 Å². The number of benzene rings is 1. The Hall–Kier alpha value is -1.71. The van der Waals surface area contributed by atoms with E-state index in [0.717, 1.165) is 44.7 Å². The molecule has 0 spiro atoms. The third-order valence-electron chi connectivity index (χ3n) is 4.93. The minimum absolute atomic E-state index is 0.144. The predicted octanol–water partition coefficient (Wildman–Crippen LogP) is 4.02. The van der Waals surface area contributed by atoms with Crippen LogP contribution in [0.3, 0.4) is 0 Å². The van der Waals surface area contributed by atoms with Gasteiger partial charge in [0.05, 0.1) is 11.4 Å². The van der Waals surface area contributed by atoms with E-state index in [9.17, 15) is 4.79 Å². The van der Waals surface area contributed by atoms with Crippen molar-refractivity contribution in [2.45, 2.75) is 51.9 Å². The zero-order chi connectivity index (χ0) is 16.1. The summed E-state index contributed by atoms with van der Waals surface area (Å²) in [6.07, 6.45) is 7.66. The summed E-state index contributed by atoms with van der Waals surface area (Å²) in [5.74, 6) is 0.144. The highest BCUT2D eigenvalue weighted by Crippen LogP contribution is 2.34. The lowest BCUT2D eigenvalue weighted by molar-refractivity contribution is -0.116. The van der Waals surface area contributed by atoms with Gasteiger partial charge < -0.3 is 15.1 Å². The van der Waals surface area contributed by atoms with Crippen LogP contribution in [0.4, 0.5) is 17.1 Å². The molecule has 2 aliphatic rings. The van der Waals surface area contributed by atoms with Crippen molar-refractivity contribution in [3.05, 3.63) is 18.2 Å². The number of nitrogens with zero attached hydrogens (tertiary/aromatic N) is 2. The van der Waals surface area contributed by atoms with Crippen molar-refractivity contribution in [2.75, 3.05) is 41.3 Å². The van der Waals surface area contributed by atoms with Crippen molar-refractivity contribution in [1.82, 2.24) is 0 Å². The fraction of sp³-hybridized carbons (Fsp3) is 0.632. The molecule has 0 radical (unpaired) electrons. The monoisotopic (exact) mass is 315 g/mol. The lowest BCUT2D eigenvalue weighted by Gasteiger charge is -2.25. The maximum Gasteiger partial charge on any atom is 0.224 e. The van der Waals surface area contributed by atoms with Crippen LogP contribution >= 0.6 is 0 Å². The number of nitrogens with one attached hydrogen (secondary N) is 1. The molecule has 4 heteroatoms. The number of hydrogen-bond donors (Lipinski definition) is 1. The quantitative estimate of drug-likeness (QED) is 0.861. The molecule has 23 heavy (non-hydrogen) atoms. The van der Waals surface area contributed by atoms with Gasteiger partial charge in [-0.1, -0.05) is 13.3 Å². The average molecular weight is 315 g/mol. The number of amides is 1. The summed E-state index contributed by atoms with van der Waals surface area (Å²) < 4.78 is 0. The van der Waals surface area contributed by atoms with E-state index < -0.39 is 0 Å². The molecule has 0 aliphatic carbocycles. The minimum atomic E-state index is 0.144. The number of anilines is 3. The van der Waals surface area contributed by atoms with Crippen LogP contribution in [-0.2, 0) is 4.79 Å². The van der Waals surface area contributed by atoms with Crippen LogP contribution in [0.5, 0.6) is 0 Å². The molecule has 2 fully saturated rings. The van der Waals surface area contributed by atoms with Gasteiger partial charge in [0.25, 0.3) is 0 Å². The third kappa shape index (κ3) is 3.98. The van der Waals surface area contributed by atoms with E-state index in [2.05, 4.69) is 40.2 Å². The standard InChI is InChI=1S/C19H29N3O/c1-2-3-8-19(23)20-17-15-16(21-11-4-5-12-21)9-10-18(17)22-13-6-7-14-22/h9-10,15H,2-8,11-14H2,1H3,(H,20,23). The molecule has 1 amide bonds. The third-order valence-corrected chi connectivity index (χ3v) is 4.93. The highest BCUT2D eigenvalue weighted by molar-refractivity contribution is 5.95. The Kier molecular flexibility index (Phi) is 5.42. The van der Waals surface area contributed by atoms with Crippen LogP contribution in [0, 0.1) is 0 Å². The smallest absolute Gasteiger partial charge is 0.224 e. The second-order valence-corrected chi connectivity index (χ2v) is 6.74. The van der Waals surface area contributed by atoms with Crippen LogP contribution in [-0.4, -0.2) is 32.1 Å². The fourth-order valence-corrected chi connectivity index (χ4v) is 3.58. The number of rotatable bonds is 6. The molecule has 0 atom stereocenters. The minimum Gasteiger partial charge on any atom is -0.371 e. The lowest BCUT2D eigenvalue weighted by Crippen LogP contribution is -2.22. The summed E-state index contributed by atoms with van der Waals surface area (Å²) >= 11 is 0. The van der Waals surface area contributed by atoms with Crippen molar-refractivity contribution in [3.63, 3.8) is 0 Å². The molecule has 0 aromatic heterocycles. The average Bonchev–Trinajstić information content (AvgIpc) is 3.26. The maximum atomic E-state index is 12.2. The van der Waals surface area contributed by atoms with Crippen molar-refractivity contribution in [1.29, 1.82) is 0 Å². The Morgan fingerprint density at radius 1 is 1.04 bits per heavy atom. The number of carbonyl (C=O) groups is 1. The molecule has 1 aromatic carbocycles. The molecule has 126 valence electrons. The molecule has 2 heterocycles. The van der Waals surface area contributed by atoms with E-state index >= 15 is 0 Å². The van der Waals surface area contributed by atoms with Gasteiger partial charge in [0, 0.05) is 38.3 Å². The number of hydrogen-bond acceptors (Lipinski definition) is 3. The molecule has 2 aliphatic heterocycles. The summed E-state index contributed by atoms with van der Waals surface area (Å²) in [6.45, 7) is 6.58. The molecule has 0 unspecified atom stereocenters. The summed E-state index contributed by atoms with van der Waals surface area (Å²) in [6, 6.07) is 6.61. The predicted molar refractivity (Wildman–Crippen MR) is 97.5 cm³/mol. The molecule has 4 nitrogen and oxygen atoms in total. The van der Waals surface area contributed by atoms with Gasteiger partial charge >= 0.3 is 0 Å². The van der Waals surface area contributed by atoms with Crippen molar-refractivity contribution >= 4 is 23.0 Å². The van der Waals surface area contributed by atoms with Crippen LogP contribution in [0.1, 0.15) is 51.9 Å². The van der Waals surface area contributed by atoms with Gasteiger partial charge in [-0.2, -0.15) is 0 Å². The van der Waals surface area contributed by atoms with Crippen LogP contribution in [0.15, 0.2) is 18.2 Å². The number of carbonyl (C=O) groups excluding carboxylic acids is 1. The van der Waals surface area contributed by atoms with Crippen LogP contribution < -0.4 is 15.1 Å². The zero-order valence-corrected chi connectivity index (χ0v) is 14.3. The molecular weight excluding hydrogens is 286 g/mol. The van der Waals surface area contributed by atoms with E-state index in [-0.39, 0.29) is 5.91 Å². The van der Waals surface area contributed by atoms with E-state index in [1.807, 2.05) is 0 Å². The highest BCUT2D eigenvalue weighted by Gasteiger charge is 2.19. The maximum absolute atomic E-state index is 12.2. The van der Waals surface area contributed by atoms with Crippen molar-refractivity contribution in [2.24, 2.45) is 0 Å². The molecule has 2 saturated heterocycles. The molecule has 0 saturated carbocycles. The van der Waals surface area contributed by atoms with Gasteiger partial charge in [-0.05, 0) is 50.3 Å². The first-order valence-corrected chi connectivity index (χ1v) is 9.21. The van der Waals surface area contributed by atoms with E-state index in [4.69, 9.17) is 0 Å². The fourth-order valence-electron chi connectivity index (χ4n) is 3.58. The Morgan fingerprint density at radius 2 is 1.70 bits per heavy atom. The van der Waals surface area contributed by atoms with Crippen molar-refractivity contribution in [3.8, 4) is 0 Å². The van der Waals surface area contributed by atoms with Gasteiger partial charge in [0.15, 0.2) is 0 Å². The van der Waals surface area contributed by atoms with E-state index in [0.29, 0.717) is 6.42 Å². The van der Waals surface area contributed by atoms with Gasteiger partial charge in [0.2, 0.25) is 5.91 Å². The second-order valence-electron chi connectivity index (χ2n) is 6.74. The Bertz CT molecular complexity index is 531. The largest absolute Gasteiger partial charge is 0.371 e. The molecular formula is C19H29N3O. The zero-order valence-electron chi connectivity index (χ0n) is 14.3. The van der Waals surface area contributed by atoms with Crippen LogP contribution in [0.25, 0.3) is 0 Å². The highest BCUT2D eigenvalue weighted by atomic mass is 16.1. The first kappa shape index (κ1) is 16.2.